The number of halogens is 3. The van der Waals surface area contributed by atoms with Crippen molar-refractivity contribution >= 4 is 22.7 Å². The molecule has 0 bridgehead atoms. The Balaban J connectivity index is 2.26. The van der Waals surface area contributed by atoms with Crippen LogP contribution in [0.5, 0.6) is 0 Å². The van der Waals surface area contributed by atoms with Crippen LogP contribution in [0.1, 0.15) is 10.4 Å². The topological polar surface area (TPSA) is 55.2 Å². The van der Waals surface area contributed by atoms with Crippen LogP contribution in [0, 0.1) is 10.1 Å². The molecule has 0 atom stereocenters. The maximum absolute atomic E-state index is 12.5. The molecule has 1 N–H and O–H groups in total. The van der Waals surface area contributed by atoms with Crippen LogP contribution in [0.15, 0.2) is 35.7 Å². The lowest BCUT2D eigenvalue weighted by Gasteiger charge is -2.10. The highest BCUT2D eigenvalue weighted by molar-refractivity contribution is 7.09. The third kappa shape index (κ3) is 3.27. The average Bonchev–Trinajstić information content (AvgIpc) is 2.88. The monoisotopic (exact) mass is 302 g/mol. The summed E-state index contributed by atoms with van der Waals surface area (Å²) in [6, 6.07) is 6.09. The molecule has 0 spiro atoms. The van der Waals surface area contributed by atoms with Gasteiger partial charge in [-0.25, -0.2) is 0 Å². The molecule has 0 saturated heterocycles. The van der Waals surface area contributed by atoms with E-state index in [0.717, 1.165) is 17.0 Å². The van der Waals surface area contributed by atoms with Gasteiger partial charge in [-0.3, -0.25) is 10.1 Å². The van der Waals surface area contributed by atoms with Gasteiger partial charge in [-0.15, -0.1) is 11.3 Å². The number of thiophene rings is 1. The molecule has 0 radical (unpaired) electrons. The van der Waals surface area contributed by atoms with E-state index >= 15 is 0 Å². The van der Waals surface area contributed by atoms with E-state index in [0.29, 0.717) is 12.6 Å². The zero-order valence-electron chi connectivity index (χ0n) is 9.98. The van der Waals surface area contributed by atoms with Crippen LogP contribution in [0.3, 0.4) is 0 Å². The lowest BCUT2D eigenvalue weighted by molar-refractivity contribution is -0.384. The first-order chi connectivity index (χ1) is 9.38. The van der Waals surface area contributed by atoms with Gasteiger partial charge in [-0.1, -0.05) is 6.07 Å². The zero-order chi connectivity index (χ0) is 14.8. The van der Waals surface area contributed by atoms with Crippen LogP contribution in [-0.4, -0.2) is 4.92 Å². The minimum Gasteiger partial charge on any atom is -0.375 e. The van der Waals surface area contributed by atoms with E-state index in [1.54, 1.807) is 0 Å². The fourth-order valence-corrected chi connectivity index (χ4v) is 2.25. The normalized spacial score (nSPS) is 11.3. The van der Waals surface area contributed by atoms with E-state index in [2.05, 4.69) is 5.32 Å². The van der Waals surface area contributed by atoms with Gasteiger partial charge in [0, 0.05) is 17.5 Å². The molecule has 0 fully saturated rings. The smallest absolute Gasteiger partial charge is 0.375 e. The molecule has 106 valence electrons. The summed E-state index contributed by atoms with van der Waals surface area (Å²) in [5, 5.41) is 15.5. The van der Waals surface area contributed by atoms with Gasteiger partial charge < -0.3 is 5.32 Å². The van der Waals surface area contributed by atoms with Crippen LogP contribution in [0.2, 0.25) is 0 Å². The number of rotatable bonds is 4. The number of nitro groups is 1. The Morgan fingerprint density at radius 3 is 2.60 bits per heavy atom. The van der Waals surface area contributed by atoms with Gasteiger partial charge in [0.2, 0.25) is 0 Å². The number of hydrogen-bond donors (Lipinski definition) is 1. The summed E-state index contributed by atoms with van der Waals surface area (Å²) in [6.07, 6.45) is -4.60. The Morgan fingerprint density at radius 1 is 1.30 bits per heavy atom. The van der Waals surface area contributed by atoms with Gasteiger partial charge >= 0.3 is 6.18 Å². The first-order valence-electron chi connectivity index (χ1n) is 5.50. The number of nitrogens with one attached hydrogen (secondary N) is 1. The molecular formula is C12H9F3N2O2S. The molecule has 4 nitrogen and oxygen atoms in total. The van der Waals surface area contributed by atoms with Crippen molar-refractivity contribution in [3.8, 4) is 0 Å². The third-order valence-electron chi connectivity index (χ3n) is 2.55. The molecule has 0 aliphatic carbocycles. The number of nitrogens with zero attached hydrogens (tertiary/aromatic N) is 1. The van der Waals surface area contributed by atoms with Crippen molar-refractivity contribution in [3.05, 3.63) is 56.3 Å². The largest absolute Gasteiger partial charge is 0.416 e. The van der Waals surface area contributed by atoms with Gasteiger partial charge in [0.15, 0.2) is 0 Å². The fourth-order valence-electron chi connectivity index (χ4n) is 1.60. The maximum Gasteiger partial charge on any atom is 0.416 e. The summed E-state index contributed by atoms with van der Waals surface area (Å²) in [4.78, 5) is 11.0. The van der Waals surface area contributed by atoms with Crippen molar-refractivity contribution in [2.24, 2.45) is 0 Å². The fraction of sp³-hybridized carbons (Fsp3) is 0.167. The van der Waals surface area contributed by atoms with Crippen molar-refractivity contribution in [1.82, 2.24) is 0 Å². The molecule has 1 aromatic heterocycles. The van der Waals surface area contributed by atoms with E-state index in [4.69, 9.17) is 0 Å². The summed E-state index contributed by atoms with van der Waals surface area (Å²) in [6.45, 7) is 0.323. The Morgan fingerprint density at radius 2 is 2.05 bits per heavy atom. The lowest BCUT2D eigenvalue weighted by atomic mass is 10.1. The average molecular weight is 302 g/mol. The quantitative estimate of drug-likeness (QED) is 0.677. The van der Waals surface area contributed by atoms with Crippen molar-refractivity contribution in [2.75, 3.05) is 5.32 Å². The highest BCUT2D eigenvalue weighted by Gasteiger charge is 2.32. The molecule has 0 aliphatic heterocycles. The molecule has 0 unspecified atom stereocenters. The molecule has 0 saturated carbocycles. The van der Waals surface area contributed by atoms with Gasteiger partial charge in [0.05, 0.1) is 10.5 Å². The van der Waals surface area contributed by atoms with E-state index in [9.17, 15) is 23.3 Å². The molecule has 2 aromatic rings. The third-order valence-corrected chi connectivity index (χ3v) is 3.43. The van der Waals surface area contributed by atoms with Crippen molar-refractivity contribution in [2.45, 2.75) is 12.7 Å². The van der Waals surface area contributed by atoms with Crippen LogP contribution in [-0.2, 0) is 12.7 Å². The van der Waals surface area contributed by atoms with Crippen molar-refractivity contribution < 1.29 is 18.1 Å². The minimum atomic E-state index is -4.60. The summed E-state index contributed by atoms with van der Waals surface area (Å²) in [5.74, 6) is 0. The molecule has 8 heteroatoms. The summed E-state index contributed by atoms with van der Waals surface area (Å²) in [5.41, 5.74) is -1.56. The van der Waals surface area contributed by atoms with E-state index < -0.39 is 22.4 Å². The SMILES string of the molecule is O=[N+]([O-])c1cc(C(F)(F)F)ccc1NCc1cccs1. The number of benzene rings is 1. The van der Waals surface area contributed by atoms with Gasteiger partial charge in [0.1, 0.15) is 5.69 Å². The first kappa shape index (κ1) is 14.3. The van der Waals surface area contributed by atoms with Crippen LogP contribution >= 0.6 is 11.3 Å². The second-order valence-corrected chi connectivity index (χ2v) is 4.95. The van der Waals surface area contributed by atoms with Gasteiger partial charge in [-0.2, -0.15) is 13.2 Å². The lowest BCUT2D eigenvalue weighted by Crippen LogP contribution is -2.07. The Hall–Kier alpha value is -2.09. The second kappa shape index (κ2) is 5.49. The number of anilines is 1. The molecule has 1 aromatic carbocycles. The predicted molar refractivity (Wildman–Crippen MR) is 69.7 cm³/mol. The Labute approximate surface area is 116 Å². The summed E-state index contributed by atoms with van der Waals surface area (Å²) >= 11 is 1.45. The Kier molecular flexibility index (Phi) is 3.93. The van der Waals surface area contributed by atoms with Crippen molar-refractivity contribution in [3.63, 3.8) is 0 Å². The van der Waals surface area contributed by atoms with Crippen LogP contribution < -0.4 is 5.32 Å². The summed E-state index contributed by atoms with van der Waals surface area (Å²) < 4.78 is 37.6. The van der Waals surface area contributed by atoms with Gasteiger partial charge in [-0.05, 0) is 23.6 Å². The molecular weight excluding hydrogens is 293 g/mol. The molecule has 20 heavy (non-hydrogen) atoms. The molecule has 0 aliphatic rings. The van der Waals surface area contributed by atoms with E-state index in [1.165, 1.54) is 11.3 Å². The first-order valence-corrected chi connectivity index (χ1v) is 6.38. The predicted octanol–water partition coefficient (Wildman–Crippen LogP) is 4.29. The van der Waals surface area contributed by atoms with Crippen LogP contribution in [0.4, 0.5) is 24.5 Å². The number of alkyl halides is 3. The highest BCUT2D eigenvalue weighted by Crippen LogP contribution is 2.35. The summed E-state index contributed by atoms with van der Waals surface area (Å²) in [7, 11) is 0. The van der Waals surface area contributed by atoms with Crippen LogP contribution in [0.25, 0.3) is 0 Å². The minimum absolute atomic E-state index is 0.0661. The highest BCUT2D eigenvalue weighted by atomic mass is 32.1. The molecule has 0 amide bonds. The second-order valence-electron chi connectivity index (χ2n) is 3.92. The Bertz CT molecular complexity index is 612. The molecule has 1 heterocycles. The zero-order valence-corrected chi connectivity index (χ0v) is 10.8. The standard InChI is InChI=1S/C12H9F3N2O2S/c13-12(14,15)8-3-4-10(11(6-8)17(18)19)16-7-9-2-1-5-20-9/h1-6,16H,7H2. The van der Waals surface area contributed by atoms with Crippen molar-refractivity contribution in [1.29, 1.82) is 0 Å². The number of nitro benzene ring substituents is 1. The number of hydrogen-bond acceptors (Lipinski definition) is 4. The van der Waals surface area contributed by atoms with E-state index in [-0.39, 0.29) is 5.69 Å². The van der Waals surface area contributed by atoms with E-state index in [1.807, 2.05) is 17.5 Å². The molecule has 2 rings (SSSR count). The maximum atomic E-state index is 12.5. The van der Waals surface area contributed by atoms with Gasteiger partial charge in [0.25, 0.3) is 5.69 Å².